The molecule has 2 N–H and O–H groups in total. The third kappa shape index (κ3) is 5.77. The van der Waals surface area contributed by atoms with Crippen molar-refractivity contribution in [2.45, 2.75) is 25.3 Å². The van der Waals surface area contributed by atoms with Gasteiger partial charge in [-0.2, -0.15) is 0 Å². The van der Waals surface area contributed by atoms with Gasteiger partial charge in [0.05, 0.1) is 26.1 Å². The molecule has 1 atom stereocenters. The second-order valence-electron chi connectivity index (χ2n) is 5.53. The van der Waals surface area contributed by atoms with Crippen LogP contribution in [0.15, 0.2) is 28.7 Å². The molecule has 1 saturated carbocycles. The molecule has 1 amide bonds. The summed E-state index contributed by atoms with van der Waals surface area (Å²) in [5.74, 6) is 0.259. The van der Waals surface area contributed by atoms with E-state index in [1.807, 2.05) is 24.3 Å². The van der Waals surface area contributed by atoms with Crippen LogP contribution in [-0.2, 0) is 14.3 Å². The van der Waals surface area contributed by atoms with Gasteiger partial charge in [-0.3, -0.25) is 9.59 Å². The number of esters is 1. The fourth-order valence-electron chi connectivity index (χ4n) is 2.18. The minimum Gasteiger partial charge on any atom is -0.469 e. The molecule has 1 aliphatic rings. The third-order valence-corrected chi connectivity index (χ3v) is 4.09. The molecule has 1 fully saturated rings. The first kappa shape index (κ1) is 17.0. The van der Waals surface area contributed by atoms with Crippen LogP contribution >= 0.6 is 15.9 Å². The fraction of sp³-hybridized carbons (Fsp3) is 0.500. The first-order valence-corrected chi connectivity index (χ1v) is 8.20. The van der Waals surface area contributed by atoms with Crippen molar-refractivity contribution in [3.8, 4) is 0 Å². The summed E-state index contributed by atoms with van der Waals surface area (Å²) in [5.41, 5.74) is 0.871. The van der Waals surface area contributed by atoms with Gasteiger partial charge in [-0.25, -0.2) is 0 Å². The number of hydrogen-bond acceptors (Lipinski definition) is 4. The molecule has 6 heteroatoms. The van der Waals surface area contributed by atoms with E-state index in [0.717, 1.165) is 22.5 Å². The van der Waals surface area contributed by atoms with E-state index in [9.17, 15) is 9.59 Å². The monoisotopic (exact) mass is 368 g/mol. The Hall–Kier alpha value is -1.40. The van der Waals surface area contributed by atoms with Gasteiger partial charge in [0, 0.05) is 4.47 Å². The number of nitrogens with one attached hydrogen (secondary N) is 2. The van der Waals surface area contributed by atoms with Crippen molar-refractivity contribution >= 4 is 27.8 Å². The number of halogens is 1. The number of methoxy groups -OCH3 is 1. The topological polar surface area (TPSA) is 67.4 Å². The Balaban J connectivity index is 1.93. The number of amides is 1. The summed E-state index contributed by atoms with van der Waals surface area (Å²) in [6.45, 7) is 1.15. The highest BCUT2D eigenvalue weighted by atomic mass is 79.9. The molecular formula is C16H21BrN2O3. The fourth-order valence-corrected chi connectivity index (χ4v) is 2.60. The quantitative estimate of drug-likeness (QED) is 0.690. The van der Waals surface area contributed by atoms with E-state index in [2.05, 4.69) is 26.6 Å². The molecule has 0 aliphatic heterocycles. The number of benzene rings is 1. The van der Waals surface area contributed by atoms with E-state index in [4.69, 9.17) is 4.74 Å². The predicted molar refractivity (Wildman–Crippen MR) is 87.3 cm³/mol. The van der Waals surface area contributed by atoms with Crippen LogP contribution in [0, 0.1) is 5.92 Å². The average Bonchev–Trinajstić information content (AvgIpc) is 3.30. The molecule has 0 saturated heterocycles. The third-order valence-electron chi connectivity index (χ3n) is 3.60. The number of hydrogen-bond donors (Lipinski definition) is 2. The number of rotatable bonds is 8. The van der Waals surface area contributed by atoms with Gasteiger partial charge in [0.15, 0.2) is 0 Å². The van der Waals surface area contributed by atoms with Gasteiger partial charge < -0.3 is 15.4 Å². The zero-order chi connectivity index (χ0) is 15.9. The summed E-state index contributed by atoms with van der Waals surface area (Å²) >= 11 is 3.40. The van der Waals surface area contributed by atoms with Crippen LogP contribution in [0.25, 0.3) is 0 Å². The molecule has 0 bridgehead atoms. The summed E-state index contributed by atoms with van der Waals surface area (Å²) in [6.07, 6.45) is 2.61. The molecular weight excluding hydrogens is 348 g/mol. The Labute approximate surface area is 138 Å². The molecule has 1 aromatic rings. The van der Waals surface area contributed by atoms with Gasteiger partial charge in [-0.15, -0.1) is 0 Å². The van der Waals surface area contributed by atoms with E-state index in [-0.39, 0.29) is 30.9 Å². The summed E-state index contributed by atoms with van der Waals surface area (Å²) < 4.78 is 5.62. The number of ether oxygens (including phenoxy) is 1. The van der Waals surface area contributed by atoms with Crippen LogP contribution in [-0.4, -0.2) is 32.1 Å². The lowest BCUT2D eigenvalue weighted by atomic mass is 10.0. The summed E-state index contributed by atoms with van der Waals surface area (Å²) in [5, 5.41) is 6.04. The maximum atomic E-state index is 12.0. The van der Waals surface area contributed by atoms with Gasteiger partial charge >= 0.3 is 5.97 Å². The van der Waals surface area contributed by atoms with Crippen LogP contribution in [0.2, 0.25) is 0 Å². The smallest absolute Gasteiger partial charge is 0.307 e. The van der Waals surface area contributed by atoms with Crippen LogP contribution in [0.4, 0.5) is 0 Å². The molecule has 0 heterocycles. The summed E-state index contributed by atoms with van der Waals surface area (Å²) in [6, 6.07) is 7.17. The zero-order valence-corrected chi connectivity index (χ0v) is 14.2. The predicted octanol–water partition coefficient (Wildman–Crippen LogP) is 2.17. The highest BCUT2D eigenvalue weighted by molar-refractivity contribution is 9.10. The lowest BCUT2D eigenvalue weighted by molar-refractivity contribution is -0.141. The molecule has 1 aliphatic carbocycles. The highest BCUT2D eigenvalue weighted by Crippen LogP contribution is 2.27. The van der Waals surface area contributed by atoms with Crippen molar-refractivity contribution < 1.29 is 14.3 Å². The second kappa shape index (κ2) is 8.29. The van der Waals surface area contributed by atoms with Crippen molar-refractivity contribution in [2.75, 3.05) is 20.2 Å². The minimum atomic E-state index is -0.389. The van der Waals surface area contributed by atoms with Crippen molar-refractivity contribution in [1.82, 2.24) is 10.6 Å². The number of carbonyl (C=O) groups excluding carboxylic acids is 2. The first-order chi connectivity index (χ1) is 10.6. The second-order valence-corrected chi connectivity index (χ2v) is 6.45. The van der Waals surface area contributed by atoms with E-state index in [1.165, 1.54) is 20.0 Å². The van der Waals surface area contributed by atoms with Crippen LogP contribution in [0.5, 0.6) is 0 Å². The van der Waals surface area contributed by atoms with E-state index >= 15 is 0 Å². The SMILES string of the molecule is COC(=O)CC(NC(=O)CNCC1CC1)c1cccc(Br)c1. The van der Waals surface area contributed by atoms with Crippen molar-refractivity contribution in [3.63, 3.8) is 0 Å². The lowest BCUT2D eigenvalue weighted by Crippen LogP contribution is -2.37. The Bertz CT molecular complexity index is 532. The standard InChI is InChI=1S/C16H21BrN2O3/c1-22-16(21)8-14(12-3-2-4-13(17)7-12)19-15(20)10-18-9-11-5-6-11/h2-4,7,11,14,18H,5-6,8-10H2,1H3,(H,19,20). The Kier molecular flexibility index (Phi) is 6.39. The summed E-state index contributed by atoms with van der Waals surface area (Å²) in [7, 11) is 1.35. The van der Waals surface area contributed by atoms with Crippen LogP contribution in [0.1, 0.15) is 30.9 Å². The van der Waals surface area contributed by atoms with Crippen molar-refractivity contribution in [3.05, 3.63) is 34.3 Å². The molecule has 0 radical (unpaired) electrons. The van der Waals surface area contributed by atoms with E-state index < -0.39 is 0 Å². The Morgan fingerprint density at radius 3 is 2.82 bits per heavy atom. The number of carbonyl (C=O) groups is 2. The Morgan fingerprint density at radius 1 is 1.41 bits per heavy atom. The minimum absolute atomic E-state index is 0.112. The highest BCUT2D eigenvalue weighted by Gasteiger charge is 2.22. The van der Waals surface area contributed by atoms with Crippen LogP contribution in [0.3, 0.4) is 0 Å². The normalized spacial score (nSPS) is 15.2. The van der Waals surface area contributed by atoms with E-state index in [1.54, 1.807) is 0 Å². The molecule has 2 rings (SSSR count). The van der Waals surface area contributed by atoms with Gasteiger partial charge in [0.1, 0.15) is 0 Å². The van der Waals surface area contributed by atoms with E-state index in [0.29, 0.717) is 0 Å². The molecule has 5 nitrogen and oxygen atoms in total. The lowest BCUT2D eigenvalue weighted by Gasteiger charge is -2.18. The van der Waals surface area contributed by atoms with Crippen molar-refractivity contribution in [1.29, 1.82) is 0 Å². The average molecular weight is 369 g/mol. The van der Waals surface area contributed by atoms with Gasteiger partial charge in [0.2, 0.25) is 5.91 Å². The van der Waals surface area contributed by atoms with Gasteiger partial charge in [-0.05, 0) is 43.0 Å². The molecule has 1 aromatic carbocycles. The van der Waals surface area contributed by atoms with Crippen LogP contribution < -0.4 is 10.6 Å². The van der Waals surface area contributed by atoms with Gasteiger partial charge in [0.25, 0.3) is 0 Å². The molecule has 22 heavy (non-hydrogen) atoms. The van der Waals surface area contributed by atoms with Gasteiger partial charge in [-0.1, -0.05) is 28.1 Å². The maximum Gasteiger partial charge on any atom is 0.307 e. The first-order valence-electron chi connectivity index (χ1n) is 7.41. The largest absolute Gasteiger partial charge is 0.469 e. The maximum absolute atomic E-state index is 12.0. The molecule has 0 spiro atoms. The zero-order valence-electron chi connectivity index (χ0n) is 12.6. The summed E-state index contributed by atoms with van der Waals surface area (Å²) in [4.78, 5) is 23.6. The molecule has 120 valence electrons. The molecule has 1 unspecified atom stereocenters. The molecule has 0 aromatic heterocycles. The van der Waals surface area contributed by atoms with Crippen molar-refractivity contribution in [2.24, 2.45) is 5.92 Å². The Morgan fingerprint density at radius 2 is 2.18 bits per heavy atom.